The number of halogens is 2. The largest absolute Gasteiger partial charge is 0.484 e. The molecule has 150 valence electrons. The van der Waals surface area contributed by atoms with Gasteiger partial charge in [-0.2, -0.15) is 0 Å². The minimum Gasteiger partial charge on any atom is -0.484 e. The van der Waals surface area contributed by atoms with Crippen LogP contribution >= 0.6 is 23.2 Å². The lowest BCUT2D eigenvalue weighted by Gasteiger charge is -2.34. The predicted octanol–water partition coefficient (Wildman–Crippen LogP) is 4.52. The fraction of sp³-hybridized carbons (Fsp3) is 0.238. The van der Waals surface area contributed by atoms with Crippen LogP contribution in [0.3, 0.4) is 0 Å². The maximum absolute atomic E-state index is 12.7. The van der Waals surface area contributed by atoms with Gasteiger partial charge < -0.3 is 19.0 Å². The quantitative estimate of drug-likeness (QED) is 0.593. The minimum atomic E-state index is -0.127. The van der Waals surface area contributed by atoms with E-state index in [0.29, 0.717) is 40.4 Å². The average molecular weight is 432 g/mol. The van der Waals surface area contributed by atoms with Crippen LogP contribution in [-0.4, -0.2) is 42.0 Å². The van der Waals surface area contributed by atoms with Crippen molar-refractivity contribution in [2.75, 3.05) is 31.1 Å². The number of carbonyl (C=O) groups excluding carboxylic acids is 1. The summed E-state index contributed by atoms with van der Waals surface area (Å²) in [6.45, 7) is 2.83. The number of hydrogen-bond donors (Lipinski definition) is 0. The topological polar surface area (TPSA) is 58.8 Å². The van der Waals surface area contributed by atoms with Gasteiger partial charge in [-0.3, -0.25) is 4.79 Å². The van der Waals surface area contributed by atoms with Crippen LogP contribution in [0.1, 0.15) is 16.3 Å². The van der Waals surface area contributed by atoms with Gasteiger partial charge in [0.05, 0.1) is 5.02 Å². The number of hydrogen-bond acceptors (Lipinski definition) is 5. The van der Waals surface area contributed by atoms with E-state index in [1.165, 1.54) is 0 Å². The van der Waals surface area contributed by atoms with E-state index in [0.717, 1.165) is 18.9 Å². The molecule has 0 radical (unpaired) electrons. The lowest BCUT2D eigenvalue weighted by atomic mass is 10.2. The van der Waals surface area contributed by atoms with E-state index in [-0.39, 0.29) is 12.5 Å². The first-order valence-electron chi connectivity index (χ1n) is 9.22. The van der Waals surface area contributed by atoms with Crippen molar-refractivity contribution in [3.8, 4) is 5.75 Å². The van der Waals surface area contributed by atoms with Crippen LogP contribution in [0.5, 0.6) is 5.75 Å². The number of carbonyl (C=O) groups is 1. The zero-order valence-corrected chi connectivity index (χ0v) is 17.1. The Morgan fingerprint density at radius 1 is 1.03 bits per heavy atom. The van der Waals surface area contributed by atoms with Gasteiger partial charge in [0.1, 0.15) is 29.0 Å². The van der Waals surface area contributed by atoms with Gasteiger partial charge in [0.25, 0.3) is 5.91 Å². The maximum Gasteiger partial charge on any atom is 0.289 e. The van der Waals surface area contributed by atoms with Crippen molar-refractivity contribution in [1.82, 2.24) is 9.88 Å². The lowest BCUT2D eigenvalue weighted by molar-refractivity contribution is 0.0710. The number of anilines is 1. The highest BCUT2D eigenvalue weighted by atomic mass is 35.5. The third kappa shape index (κ3) is 4.49. The van der Waals surface area contributed by atoms with Crippen LogP contribution in [-0.2, 0) is 6.61 Å². The molecule has 8 heteroatoms. The Bertz CT molecular complexity index is 986. The van der Waals surface area contributed by atoms with Crippen LogP contribution in [0.4, 0.5) is 5.82 Å². The van der Waals surface area contributed by atoms with Gasteiger partial charge in [-0.15, -0.1) is 0 Å². The summed E-state index contributed by atoms with van der Waals surface area (Å²) in [6, 6.07) is 14.4. The summed E-state index contributed by atoms with van der Waals surface area (Å²) in [5, 5.41) is 0.770. The van der Waals surface area contributed by atoms with E-state index in [1.54, 1.807) is 41.4 Å². The molecule has 1 saturated heterocycles. The molecule has 0 aliphatic carbocycles. The predicted molar refractivity (Wildman–Crippen MR) is 112 cm³/mol. The Hall–Kier alpha value is -2.70. The molecule has 6 nitrogen and oxygen atoms in total. The maximum atomic E-state index is 12.7. The number of aromatic nitrogens is 1. The normalized spacial score (nSPS) is 14.1. The molecule has 3 aromatic rings. The first-order valence-corrected chi connectivity index (χ1v) is 9.98. The van der Waals surface area contributed by atoms with E-state index in [1.807, 2.05) is 18.2 Å². The van der Waals surface area contributed by atoms with E-state index < -0.39 is 0 Å². The monoisotopic (exact) mass is 431 g/mol. The molecule has 4 rings (SSSR count). The molecule has 1 amide bonds. The molecule has 1 aliphatic rings. The van der Waals surface area contributed by atoms with Crippen molar-refractivity contribution >= 4 is 34.9 Å². The minimum absolute atomic E-state index is 0.127. The van der Waals surface area contributed by atoms with Crippen LogP contribution in [0.25, 0.3) is 0 Å². The Labute approximate surface area is 178 Å². The summed E-state index contributed by atoms with van der Waals surface area (Å²) in [5.41, 5.74) is 0. The number of amides is 1. The second-order valence-electron chi connectivity index (χ2n) is 6.57. The van der Waals surface area contributed by atoms with Crippen molar-refractivity contribution in [3.05, 3.63) is 76.3 Å². The first kappa shape index (κ1) is 19.6. The highest BCUT2D eigenvalue weighted by Crippen LogP contribution is 2.32. The molecular formula is C21H19Cl2N3O3. The second kappa shape index (κ2) is 8.76. The summed E-state index contributed by atoms with van der Waals surface area (Å²) >= 11 is 12.1. The Balaban J connectivity index is 1.33. The summed E-state index contributed by atoms with van der Waals surface area (Å²) < 4.78 is 11.3. The fourth-order valence-electron chi connectivity index (χ4n) is 3.15. The van der Waals surface area contributed by atoms with Gasteiger partial charge in [0.15, 0.2) is 5.76 Å². The summed E-state index contributed by atoms with van der Waals surface area (Å²) in [7, 11) is 0. The lowest BCUT2D eigenvalue weighted by Crippen LogP contribution is -2.49. The van der Waals surface area contributed by atoms with Gasteiger partial charge in [-0.25, -0.2) is 4.98 Å². The molecule has 0 bridgehead atoms. The van der Waals surface area contributed by atoms with Gasteiger partial charge in [-0.1, -0.05) is 35.3 Å². The average Bonchev–Trinajstić information content (AvgIpc) is 3.24. The molecule has 0 unspecified atom stereocenters. The zero-order valence-electron chi connectivity index (χ0n) is 15.6. The fourth-order valence-corrected chi connectivity index (χ4v) is 3.50. The number of rotatable bonds is 5. The second-order valence-corrected chi connectivity index (χ2v) is 7.36. The molecule has 2 aromatic heterocycles. The molecule has 1 fully saturated rings. The van der Waals surface area contributed by atoms with Crippen LogP contribution in [0.15, 0.2) is 59.1 Å². The number of ether oxygens (including phenoxy) is 1. The first-order chi connectivity index (χ1) is 14.1. The molecule has 0 spiro atoms. The molecule has 1 aliphatic heterocycles. The third-order valence-corrected chi connectivity index (χ3v) is 5.50. The molecule has 3 heterocycles. The summed E-state index contributed by atoms with van der Waals surface area (Å²) in [4.78, 5) is 21.1. The smallest absolute Gasteiger partial charge is 0.289 e. The van der Waals surface area contributed by atoms with Crippen molar-refractivity contribution in [2.45, 2.75) is 6.61 Å². The van der Waals surface area contributed by atoms with Gasteiger partial charge >= 0.3 is 0 Å². The zero-order chi connectivity index (χ0) is 20.2. The number of piperazine rings is 1. The van der Waals surface area contributed by atoms with Gasteiger partial charge in [0.2, 0.25) is 0 Å². The molecular weight excluding hydrogens is 413 g/mol. The standard InChI is InChI=1S/C21H19Cl2N3O3/c22-16-4-3-5-17(20(16)23)28-14-15-7-8-18(29-15)21(27)26-12-10-25(11-13-26)19-6-1-2-9-24-19/h1-9H,10-14H2. The highest BCUT2D eigenvalue weighted by Gasteiger charge is 2.24. The van der Waals surface area contributed by atoms with E-state index in [9.17, 15) is 4.79 Å². The number of benzene rings is 1. The van der Waals surface area contributed by atoms with Crippen LogP contribution in [0, 0.1) is 0 Å². The Morgan fingerprint density at radius 3 is 2.62 bits per heavy atom. The molecule has 0 N–H and O–H groups in total. The van der Waals surface area contributed by atoms with Crippen molar-refractivity contribution in [1.29, 1.82) is 0 Å². The third-order valence-electron chi connectivity index (χ3n) is 4.70. The molecule has 0 atom stereocenters. The van der Waals surface area contributed by atoms with Crippen LogP contribution < -0.4 is 9.64 Å². The Kier molecular flexibility index (Phi) is 5.92. The van der Waals surface area contributed by atoms with E-state index >= 15 is 0 Å². The van der Waals surface area contributed by atoms with Gasteiger partial charge in [0, 0.05) is 32.4 Å². The number of pyridine rings is 1. The van der Waals surface area contributed by atoms with E-state index in [2.05, 4.69) is 9.88 Å². The summed E-state index contributed by atoms with van der Waals surface area (Å²) in [6.07, 6.45) is 1.77. The SMILES string of the molecule is O=C(c1ccc(COc2cccc(Cl)c2Cl)o1)N1CCN(c2ccccn2)CC1. The van der Waals surface area contributed by atoms with E-state index in [4.69, 9.17) is 32.4 Å². The van der Waals surface area contributed by atoms with Gasteiger partial charge in [-0.05, 0) is 36.4 Å². The van der Waals surface area contributed by atoms with Crippen molar-refractivity contribution in [2.24, 2.45) is 0 Å². The van der Waals surface area contributed by atoms with Crippen LogP contribution in [0.2, 0.25) is 10.0 Å². The summed E-state index contributed by atoms with van der Waals surface area (Å²) in [5.74, 6) is 2.10. The molecule has 29 heavy (non-hydrogen) atoms. The molecule has 0 saturated carbocycles. The van der Waals surface area contributed by atoms with Crippen molar-refractivity contribution in [3.63, 3.8) is 0 Å². The molecule has 1 aromatic carbocycles. The highest BCUT2D eigenvalue weighted by molar-refractivity contribution is 6.42. The Morgan fingerprint density at radius 2 is 1.86 bits per heavy atom. The number of nitrogens with zero attached hydrogens (tertiary/aromatic N) is 3. The number of furan rings is 1. The van der Waals surface area contributed by atoms with Crippen molar-refractivity contribution < 1.29 is 13.9 Å².